The first-order chi connectivity index (χ1) is 16.3. The summed E-state index contributed by atoms with van der Waals surface area (Å²) in [4.78, 5) is 13.1. The maximum atomic E-state index is 13.1. The molecule has 0 aromatic heterocycles. The molecule has 1 saturated heterocycles. The molecule has 1 fully saturated rings. The van der Waals surface area contributed by atoms with Crippen molar-refractivity contribution in [1.82, 2.24) is 9.62 Å². The van der Waals surface area contributed by atoms with E-state index in [-0.39, 0.29) is 47.3 Å². The Kier molecular flexibility index (Phi) is 8.87. The number of amides is 1. The van der Waals surface area contributed by atoms with E-state index in [4.69, 9.17) is 0 Å². The molecule has 0 aliphatic carbocycles. The van der Waals surface area contributed by atoms with E-state index in [1.165, 1.54) is 28.4 Å². The van der Waals surface area contributed by atoms with Crippen LogP contribution in [0.4, 0.5) is 0 Å². The lowest BCUT2D eigenvalue weighted by Gasteiger charge is -2.32. The molecule has 1 atom stereocenters. The molecular weight excluding hydrogens is 446 g/mol. The fraction of sp³-hybridized carbons (Fsp3) is 0.481. The first kappa shape index (κ1) is 25.9. The fourth-order valence-corrected chi connectivity index (χ4v) is 6.07. The summed E-state index contributed by atoms with van der Waals surface area (Å²) in [5, 5.41) is 12.5. The molecule has 1 N–H and O–H groups in total. The highest BCUT2D eigenvalue weighted by Gasteiger charge is 2.34. The minimum Gasteiger partial charge on any atom is -0.349 e. The van der Waals surface area contributed by atoms with Crippen LogP contribution >= 0.6 is 0 Å². The van der Waals surface area contributed by atoms with Gasteiger partial charge in [-0.2, -0.15) is 9.57 Å². The number of hydrogen-bond acceptors (Lipinski definition) is 4. The van der Waals surface area contributed by atoms with Crippen LogP contribution in [0.25, 0.3) is 0 Å². The van der Waals surface area contributed by atoms with Crippen molar-refractivity contribution in [2.75, 3.05) is 13.1 Å². The molecule has 0 bridgehead atoms. The molecule has 1 unspecified atom stereocenters. The van der Waals surface area contributed by atoms with Crippen molar-refractivity contribution in [3.05, 3.63) is 65.2 Å². The first-order valence-corrected chi connectivity index (χ1v) is 13.6. The van der Waals surface area contributed by atoms with Gasteiger partial charge in [0.25, 0.3) is 0 Å². The highest BCUT2D eigenvalue weighted by Crippen LogP contribution is 2.28. The summed E-state index contributed by atoms with van der Waals surface area (Å²) in [6.45, 7) is 6.90. The molecule has 182 valence electrons. The lowest BCUT2D eigenvalue weighted by molar-refractivity contribution is -0.127. The van der Waals surface area contributed by atoms with E-state index in [0.29, 0.717) is 12.8 Å². The maximum absolute atomic E-state index is 13.1. The Labute approximate surface area is 204 Å². The number of piperidine rings is 1. The van der Waals surface area contributed by atoms with Gasteiger partial charge in [-0.3, -0.25) is 4.79 Å². The van der Waals surface area contributed by atoms with Gasteiger partial charge in [0.1, 0.15) is 6.07 Å². The molecule has 1 amide bonds. The number of rotatable bonds is 9. The topological polar surface area (TPSA) is 90.3 Å². The highest BCUT2D eigenvalue weighted by atomic mass is 32.2. The van der Waals surface area contributed by atoms with Gasteiger partial charge in [-0.25, -0.2) is 8.42 Å². The number of nitrogens with zero attached hydrogens (tertiary/aromatic N) is 2. The van der Waals surface area contributed by atoms with Crippen LogP contribution < -0.4 is 5.32 Å². The summed E-state index contributed by atoms with van der Waals surface area (Å²) in [5.74, 6) is -0.0284. The lowest BCUT2D eigenvalue weighted by atomic mass is 9.92. The van der Waals surface area contributed by atoms with Crippen LogP contribution in [-0.2, 0) is 21.2 Å². The van der Waals surface area contributed by atoms with E-state index in [9.17, 15) is 18.5 Å². The normalized spacial score (nSPS) is 16.2. The fourth-order valence-electron chi connectivity index (χ4n) is 4.46. The molecule has 6 nitrogen and oxygen atoms in total. The van der Waals surface area contributed by atoms with Crippen LogP contribution in [0.15, 0.2) is 53.4 Å². The maximum Gasteiger partial charge on any atom is 0.244 e. The molecule has 1 heterocycles. The standard InChI is InChI=1S/C27H35N3O3S/c1-4-5-8-21-11-13-22(14-12-21)26(20(2)3)29-27(31)23-15-17-30(18-16-23)34(32,33)25-10-7-6-9-24(25)19-28/h6-7,9-14,20,23,26H,4-5,8,15-18H2,1-3H3,(H,29,31). The van der Waals surface area contributed by atoms with E-state index >= 15 is 0 Å². The minimum absolute atomic E-state index is 0.0248. The zero-order valence-corrected chi connectivity index (χ0v) is 21.1. The van der Waals surface area contributed by atoms with Crippen molar-refractivity contribution in [1.29, 1.82) is 5.26 Å². The van der Waals surface area contributed by atoms with Crippen molar-refractivity contribution in [2.24, 2.45) is 11.8 Å². The van der Waals surface area contributed by atoms with Crippen LogP contribution in [0, 0.1) is 23.2 Å². The molecule has 1 aliphatic heterocycles. The third kappa shape index (κ3) is 6.05. The summed E-state index contributed by atoms with van der Waals surface area (Å²) in [6.07, 6.45) is 4.31. The monoisotopic (exact) mass is 481 g/mol. The van der Waals surface area contributed by atoms with Crippen molar-refractivity contribution in [2.45, 2.75) is 63.8 Å². The van der Waals surface area contributed by atoms with E-state index in [1.54, 1.807) is 12.1 Å². The van der Waals surface area contributed by atoms with Crippen LogP contribution in [0.3, 0.4) is 0 Å². The summed E-state index contributed by atoms with van der Waals surface area (Å²) < 4.78 is 27.5. The van der Waals surface area contributed by atoms with Crippen LogP contribution in [0.2, 0.25) is 0 Å². The zero-order valence-electron chi connectivity index (χ0n) is 20.3. The molecule has 0 saturated carbocycles. The van der Waals surface area contributed by atoms with Gasteiger partial charge in [-0.1, -0.05) is 63.6 Å². The molecule has 1 aliphatic rings. The first-order valence-electron chi connectivity index (χ1n) is 12.2. The number of benzene rings is 2. The number of aryl methyl sites for hydroxylation is 1. The van der Waals surface area contributed by atoms with Gasteiger partial charge in [0, 0.05) is 19.0 Å². The van der Waals surface area contributed by atoms with Gasteiger partial charge in [-0.05, 0) is 54.9 Å². The Morgan fingerprint density at radius 2 is 1.76 bits per heavy atom. The molecule has 2 aromatic carbocycles. The molecular formula is C27H35N3O3S. The summed E-state index contributed by atoms with van der Waals surface area (Å²) in [6, 6.07) is 16.6. The highest BCUT2D eigenvalue weighted by molar-refractivity contribution is 7.89. The number of nitrogens with one attached hydrogen (secondary N) is 1. The Morgan fingerprint density at radius 3 is 2.35 bits per heavy atom. The Morgan fingerprint density at radius 1 is 1.12 bits per heavy atom. The van der Waals surface area contributed by atoms with Gasteiger partial charge in [-0.15, -0.1) is 0 Å². The quantitative estimate of drug-likeness (QED) is 0.556. The van der Waals surface area contributed by atoms with Crippen molar-refractivity contribution in [3.8, 4) is 6.07 Å². The lowest BCUT2D eigenvalue weighted by Crippen LogP contribution is -2.44. The SMILES string of the molecule is CCCCc1ccc(C(NC(=O)C2CCN(S(=O)(=O)c3ccccc3C#N)CC2)C(C)C)cc1. The minimum atomic E-state index is -3.77. The van der Waals surface area contributed by atoms with E-state index in [0.717, 1.165) is 18.4 Å². The van der Waals surface area contributed by atoms with Gasteiger partial charge in [0.15, 0.2) is 0 Å². The van der Waals surface area contributed by atoms with Crippen molar-refractivity contribution >= 4 is 15.9 Å². The largest absolute Gasteiger partial charge is 0.349 e. The predicted octanol–water partition coefficient (Wildman–Crippen LogP) is 4.82. The average molecular weight is 482 g/mol. The smallest absolute Gasteiger partial charge is 0.244 e. The average Bonchev–Trinajstić information content (AvgIpc) is 2.86. The van der Waals surface area contributed by atoms with E-state index < -0.39 is 10.0 Å². The molecule has 7 heteroatoms. The molecule has 0 spiro atoms. The van der Waals surface area contributed by atoms with Crippen molar-refractivity contribution < 1.29 is 13.2 Å². The van der Waals surface area contributed by atoms with Gasteiger partial charge in [0.05, 0.1) is 16.5 Å². The number of carbonyl (C=O) groups excluding carboxylic acids is 1. The molecule has 3 rings (SSSR count). The van der Waals surface area contributed by atoms with Crippen LogP contribution in [0.5, 0.6) is 0 Å². The molecule has 2 aromatic rings. The van der Waals surface area contributed by atoms with Gasteiger partial charge < -0.3 is 5.32 Å². The number of sulfonamides is 1. The second kappa shape index (κ2) is 11.6. The predicted molar refractivity (Wildman–Crippen MR) is 133 cm³/mol. The zero-order chi connectivity index (χ0) is 24.7. The molecule has 34 heavy (non-hydrogen) atoms. The summed E-state index contributed by atoms with van der Waals surface area (Å²) in [7, 11) is -3.77. The third-order valence-corrected chi connectivity index (χ3v) is 8.53. The number of hydrogen-bond donors (Lipinski definition) is 1. The van der Waals surface area contributed by atoms with Gasteiger partial charge >= 0.3 is 0 Å². The second-order valence-electron chi connectivity index (χ2n) is 9.36. The Bertz CT molecular complexity index is 1110. The van der Waals surface area contributed by atoms with Crippen LogP contribution in [-0.4, -0.2) is 31.7 Å². The van der Waals surface area contributed by atoms with Crippen molar-refractivity contribution in [3.63, 3.8) is 0 Å². The number of carbonyl (C=O) groups is 1. The van der Waals surface area contributed by atoms with E-state index in [1.807, 2.05) is 6.07 Å². The Balaban J connectivity index is 1.63. The summed E-state index contributed by atoms with van der Waals surface area (Å²) in [5.41, 5.74) is 2.55. The molecule has 0 radical (unpaired) electrons. The Hall–Kier alpha value is -2.69. The number of unbranched alkanes of at least 4 members (excludes halogenated alkanes) is 1. The summed E-state index contributed by atoms with van der Waals surface area (Å²) >= 11 is 0. The van der Waals surface area contributed by atoms with Crippen LogP contribution in [0.1, 0.15) is 69.2 Å². The third-order valence-electron chi connectivity index (χ3n) is 6.57. The van der Waals surface area contributed by atoms with E-state index in [2.05, 4.69) is 50.4 Å². The number of nitriles is 1. The second-order valence-corrected chi connectivity index (χ2v) is 11.3. The van der Waals surface area contributed by atoms with Gasteiger partial charge in [0.2, 0.25) is 15.9 Å².